The Morgan fingerprint density at radius 3 is 2.63 bits per heavy atom. The normalized spacial score (nSPS) is 11.5. The van der Waals surface area contributed by atoms with Crippen molar-refractivity contribution in [2.24, 2.45) is 0 Å². The molecule has 0 fully saturated rings. The predicted octanol–water partition coefficient (Wildman–Crippen LogP) is 2.06. The van der Waals surface area contributed by atoms with E-state index in [4.69, 9.17) is 5.73 Å². The first-order valence-electron chi connectivity index (χ1n) is 5.77. The molecule has 0 aliphatic heterocycles. The number of anilines is 1. The molecule has 0 saturated heterocycles. The predicted molar refractivity (Wildman–Crippen MR) is 71.1 cm³/mol. The summed E-state index contributed by atoms with van der Waals surface area (Å²) in [5.41, 5.74) is 6.88. The molecule has 2 rings (SSSR count). The SMILES string of the molecule is CC(C)(C)c1c(N)nnn1-c1cccc([N+](=O)[O-])c1. The summed E-state index contributed by atoms with van der Waals surface area (Å²) in [6, 6.07) is 6.22. The Labute approximate surface area is 110 Å². The number of aromatic nitrogens is 3. The summed E-state index contributed by atoms with van der Waals surface area (Å²) in [6.07, 6.45) is 0. The van der Waals surface area contributed by atoms with Crippen molar-refractivity contribution in [1.82, 2.24) is 15.0 Å². The number of nitrogen functional groups attached to an aromatic ring is 1. The van der Waals surface area contributed by atoms with Gasteiger partial charge in [0.25, 0.3) is 5.69 Å². The van der Waals surface area contributed by atoms with Crippen LogP contribution in [0.1, 0.15) is 26.5 Å². The fraction of sp³-hybridized carbons (Fsp3) is 0.333. The largest absolute Gasteiger partial charge is 0.381 e. The van der Waals surface area contributed by atoms with Gasteiger partial charge in [-0.05, 0) is 6.07 Å². The summed E-state index contributed by atoms with van der Waals surface area (Å²) in [7, 11) is 0. The topological polar surface area (TPSA) is 99.9 Å². The molecule has 7 nitrogen and oxygen atoms in total. The molecule has 0 atom stereocenters. The van der Waals surface area contributed by atoms with Gasteiger partial charge in [0.2, 0.25) is 0 Å². The average molecular weight is 261 g/mol. The fourth-order valence-corrected chi connectivity index (χ4v) is 1.91. The minimum Gasteiger partial charge on any atom is -0.381 e. The Balaban J connectivity index is 2.60. The molecule has 0 radical (unpaired) electrons. The third-order valence-corrected chi connectivity index (χ3v) is 2.69. The Hall–Kier alpha value is -2.44. The van der Waals surface area contributed by atoms with Crippen molar-refractivity contribution in [2.75, 3.05) is 5.73 Å². The first-order chi connectivity index (χ1) is 8.80. The highest BCUT2D eigenvalue weighted by atomic mass is 16.6. The zero-order valence-electron chi connectivity index (χ0n) is 11.0. The van der Waals surface area contributed by atoms with Gasteiger partial charge in [0.05, 0.1) is 16.3 Å². The molecule has 0 unspecified atom stereocenters. The molecule has 7 heteroatoms. The minimum absolute atomic E-state index is 0.00595. The van der Waals surface area contributed by atoms with Gasteiger partial charge >= 0.3 is 0 Å². The molecule has 2 aromatic rings. The van der Waals surface area contributed by atoms with Gasteiger partial charge < -0.3 is 5.73 Å². The Morgan fingerprint density at radius 2 is 2.05 bits per heavy atom. The van der Waals surface area contributed by atoms with Crippen LogP contribution >= 0.6 is 0 Å². The summed E-state index contributed by atoms with van der Waals surface area (Å²) < 4.78 is 1.54. The van der Waals surface area contributed by atoms with Gasteiger partial charge in [0.15, 0.2) is 5.82 Å². The Bertz CT molecular complexity index is 627. The Morgan fingerprint density at radius 1 is 1.37 bits per heavy atom. The molecule has 0 saturated carbocycles. The van der Waals surface area contributed by atoms with E-state index in [-0.39, 0.29) is 11.1 Å². The molecule has 1 heterocycles. The zero-order chi connectivity index (χ0) is 14.2. The molecule has 0 aliphatic carbocycles. The first-order valence-corrected chi connectivity index (χ1v) is 5.77. The minimum atomic E-state index is -0.444. The number of nitrogens with zero attached hydrogens (tertiary/aromatic N) is 4. The summed E-state index contributed by atoms with van der Waals surface area (Å²) in [6.45, 7) is 5.95. The highest BCUT2D eigenvalue weighted by molar-refractivity contribution is 5.48. The van der Waals surface area contributed by atoms with Crippen LogP contribution in [0.5, 0.6) is 0 Å². The molecule has 19 heavy (non-hydrogen) atoms. The van der Waals surface area contributed by atoms with Gasteiger partial charge in [-0.2, -0.15) is 0 Å². The molecule has 1 aromatic carbocycles. The molecular weight excluding hydrogens is 246 g/mol. The van der Waals surface area contributed by atoms with Crippen LogP contribution in [0.25, 0.3) is 5.69 Å². The molecule has 1 aromatic heterocycles. The third kappa shape index (κ3) is 2.40. The molecular formula is C12H15N5O2. The Kier molecular flexibility index (Phi) is 2.97. The number of nitrogens with two attached hydrogens (primary N) is 1. The van der Waals surface area contributed by atoms with Gasteiger partial charge in [0, 0.05) is 17.5 Å². The van der Waals surface area contributed by atoms with E-state index in [1.807, 2.05) is 20.8 Å². The lowest BCUT2D eigenvalue weighted by molar-refractivity contribution is -0.384. The maximum absolute atomic E-state index is 10.8. The number of nitro benzene ring substituents is 1. The smallest absolute Gasteiger partial charge is 0.271 e. The summed E-state index contributed by atoms with van der Waals surface area (Å²) in [4.78, 5) is 10.4. The maximum Gasteiger partial charge on any atom is 0.271 e. The standard InChI is InChI=1S/C12H15N5O2/c1-12(2,3)10-11(13)14-15-16(10)8-5-4-6-9(7-8)17(18)19/h4-7H,13H2,1-3H3. The number of benzene rings is 1. The van der Waals surface area contributed by atoms with Crippen molar-refractivity contribution < 1.29 is 4.92 Å². The van der Waals surface area contributed by atoms with Gasteiger partial charge in [-0.15, -0.1) is 5.10 Å². The summed E-state index contributed by atoms with van der Waals surface area (Å²) in [5.74, 6) is 0.332. The number of rotatable bonds is 2. The lowest BCUT2D eigenvalue weighted by atomic mass is 9.91. The van der Waals surface area contributed by atoms with Crippen molar-refractivity contribution >= 4 is 11.5 Å². The van der Waals surface area contributed by atoms with Crippen molar-refractivity contribution in [3.8, 4) is 5.69 Å². The van der Waals surface area contributed by atoms with Crippen molar-refractivity contribution in [3.05, 3.63) is 40.1 Å². The number of non-ortho nitro benzene ring substituents is 1. The van der Waals surface area contributed by atoms with Crippen molar-refractivity contribution in [1.29, 1.82) is 0 Å². The van der Waals surface area contributed by atoms with E-state index in [0.717, 1.165) is 5.69 Å². The van der Waals surface area contributed by atoms with Crippen LogP contribution in [0.2, 0.25) is 0 Å². The second-order valence-corrected chi connectivity index (χ2v) is 5.26. The molecule has 0 amide bonds. The van der Waals surface area contributed by atoms with Gasteiger partial charge in [-0.1, -0.05) is 32.1 Å². The second kappa shape index (κ2) is 4.34. The quantitative estimate of drug-likeness (QED) is 0.658. The molecule has 100 valence electrons. The second-order valence-electron chi connectivity index (χ2n) is 5.26. The summed E-state index contributed by atoms with van der Waals surface area (Å²) >= 11 is 0. The van der Waals surface area contributed by atoms with Crippen molar-refractivity contribution in [3.63, 3.8) is 0 Å². The first kappa shape index (κ1) is 13.0. The zero-order valence-corrected chi connectivity index (χ0v) is 11.0. The summed E-state index contributed by atoms with van der Waals surface area (Å²) in [5, 5.41) is 18.6. The van der Waals surface area contributed by atoms with E-state index in [0.29, 0.717) is 11.5 Å². The maximum atomic E-state index is 10.8. The number of nitro groups is 1. The van der Waals surface area contributed by atoms with Gasteiger partial charge in [0.1, 0.15) is 0 Å². The molecule has 0 bridgehead atoms. The van der Waals surface area contributed by atoms with Crippen LogP contribution in [-0.2, 0) is 5.41 Å². The van der Waals surface area contributed by atoms with Crippen LogP contribution in [0, 0.1) is 10.1 Å². The average Bonchev–Trinajstić information content (AvgIpc) is 2.71. The molecule has 0 spiro atoms. The van der Waals surface area contributed by atoms with E-state index in [1.165, 1.54) is 12.1 Å². The van der Waals surface area contributed by atoms with E-state index in [1.54, 1.807) is 16.8 Å². The lowest BCUT2D eigenvalue weighted by Gasteiger charge is -2.19. The van der Waals surface area contributed by atoms with E-state index >= 15 is 0 Å². The number of hydrogen-bond donors (Lipinski definition) is 1. The van der Waals surface area contributed by atoms with Crippen LogP contribution in [0.4, 0.5) is 11.5 Å². The van der Waals surface area contributed by atoms with Gasteiger partial charge in [-0.3, -0.25) is 10.1 Å². The van der Waals surface area contributed by atoms with Crippen LogP contribution in [0.15, 0.2) is 24.3 Å². The van der Waals surface area contributed by atoms with E-state index in [9.17, 15) is 10.1 Å². The van der Waals surface area contributed by atoms with Crippen LogP contribution in [-0.4, -0.2) is 19.9 Å². The molecule has 2 N–H and O–H groups in total. The van der Waals surface area contributed by atoms with Crippen LogP contribution in [0.3, 0.4) is 0 Å². The van der Waals surface area contributed by atoms with E-state index < -0.39 is 4.92 Å². The van der Waals surface area contributed by atoms with Crippen molar-refractivity contribution in [2.45, 2.75) is 26.2 Å². The fourth-order valence-electron chi connectivity index (χ4n) is 1.91. The molecule has 0 aliphatic rings. The highest BCUT2D eigenvalue weighted by Crippen LogP contribution is 2.29. The number of hydrogen-bond acceptors (Lipinski definition) is 5. The van der Waals surface area contributed by atoms with E-state index in [2.05, 4.69) is 10.3 Å². The van der Waals surface area contributed by atoms with Gasteiger partial charge in [-0.25, -0.2) is 4.68 Å². The lowest BCUT2D eigenvalue weighted by Crippen LogP contribution is -2.19. The van der Waals surface area contributed by atoms with Crippen LogP contribution < -0.4 is 5.73 Å². The highest BCUT2D eigenvalue weighted by Gasteiger charge is 2.25. The third-order valence-electron chi connectivity index (χ3n) is 2.69. The monoisotopic (exact) mass is 261 g/mol.